The molecule has 0 amide bonds. The van der Waals surface area contributed by atoms with Crippen molar-refractivity contribution in [3.63, 3.8) is 0 Å². The van der Waals surface area contributed by atoms with Crippen LogP contribution in [-0.2, 0) is 6.42 Å². The number of hydrogen-bond acceptors (Lipinski definition) is 2. The molecule has 0 saturated heterocycles. The van der Waals surface area contributed by atoms with Crippen LogP contribution in [0.5, 0.6) is 0 Å². The van der Waals surface area contributed by atoms with Gasteiger partial charge in [0.1, 0.15) is 0 Å². The Balaban J connectivity index is 2.15. The first-order valence-corrected chi connectivity index (χ1v) is 7.08. The number of aliphatic hydroxyl groups excluding tert-OH is 1. The van der Waals surface area contributed by atoms with Gasteiger partial charge in [-0.2, -0.15) is 0 Å². The van der Waals surface area contributed by atoms with Gasteiger partial charge in [0.15, 0.2) is 0 Å². The zero-order valence-electron chi connectivity index (χ0n) is 12.2. The third kappa shape index (κ3) is 4.19. The zero-order valence-corrected chi connectivity index (χ0v) is 12.2. The van der Waals surface area contributed by atoms with E-state index in [9.17, 15) is 5.11 Å². The van der Waals surface area contributed by atoms with Crippen LogP contribution < -0.4 is 0 Å². The zero-order chi connectivity index (χ0) is 14.4. The second kappa shape index (κ2) is 7.22. The number of nitrogens with zero attached hydrogens (tertiary/aromatic N) is 1. The summed E-state index contributed by atoms with van der Waals surface area (Å²) >= 11 is 0. The Kier molecular flexibility index (Phi) is 5.33. The minimum absolute atomic E-state index is 0.190. The van der Waals surface area contributed by atoms with Crippen LogP contribution in [0.15, 0.2) is 60.7 Å². The van der Waals surface area contributed by atoms with Gasteiger partial charge in [-0.15, -0.1) is 0 Å². The maximum Gasteiger partial charge on any atom is 0.0833 e. The molecule has 2 aromatic carbocycles. The lowest BCUT2D eigenvalue weighted by atomic mass is 9.89. The molecule has 0 aliphatic heterocycles. The van der Waals surface area contributed by atoms with Crippen LogP contribution in [0, 0.1) is 5.92 Å². The van der Waals surface area contributed by atoms with E-state index < -0.39 is 6.10 Å². The van der Waals surface area contributed by atoms with Crippen molar-refractivity contribution < 1.29 is 5.11 Å². The maximum atomic E-state index is 10.7. The van der Waals surface area contributed by atoms with Gasteiger partial charge < -0.3 is 10.0 Å². The van der Waals surface area contributed by atoms with E-state index in [-0.39, 0.29) is 5.92 Å². The smallest absolute Gasteiger partial charge is 0.0833 e. The van der Waals surface area contributed by atoms with Crippen molar-refractivity contribution in [2.24, 2.45) is 5.92 Å². The molecule has 0 spiro atoms. The summed E-state index contributed by atoms with van der Waals surface area (Å²) in [5.74, 6) is 0.190. The minimum atomic E-state index is -0.432. The number of rotatable bonds is 6. The Morgan fingerprint density at radius 2 is 1.45 bits per heavy atom. The second-order valence-corrected chi connectivity index (χ2v) is 5.57. The lowest BCUT2D eigenvalue weighted by Crippen LogP contribution is -2.28. The molecule has 0 aliphatic carbocycles. The summed E-state index contributed by atoms with van der Waals surface area (Å²) in [6, 6.07) is 20.3. The van der Waals surface area contributed by atoms with E-state index in [2.05, 4.69) is 43.3 Å². The first-order valence-electron chi connectivity index (χ1n) is 7.08. The molecule has 2 rings (SSSR count). The highest BCUT2D eigenvalue weighted by Crippen LogP contribution is 2.25. The molecule has 0 saturated carbocycles. The van der Waals surface area contributed by atoms with Crippen molar-refractivity contribution in [3.05, 3.63) is 71.8 Å². The standard InChI is InChI=1S/C18H23NO/c1-19(2)14-17(13-15-9-5-3-6-10-15)18(20)16-11-7-4-8-12-16/h3-12,17-18,20H,13-14H2,1-2H3/t17-,18+/m0/s1. The van der Waals surface area contributed by atoms with Gasteiger partial charge in [-0.05, 0) is 31.6 Å². The van der Waals surface area contributed by atoms with Crippen LogP contribution in [0.1, 0.15) is 17.2 Å². The highest BCUT2D eigenvalue weighted by atomic mass is 16.3. The molecule has 0 aliphatic rings. The first kappa shape index (κ1) is 14.8. The van der Waals surface area contributed by atoms with Crippen molar-refractivity contribution in [2.75, 3.05) is 20.6 Å². The summed E-state index contributed by atoms with van der Waals surface area (Å²) in [6.07, 6.45) is 0.452. The molecule has 0 fully saturated rings. The highest BCUT2D eigenvalue weighted by molar-refractivity contribution is 5.20. The van der Waals surface area contributed by atoms with Gasteiger partial charge in [0.2, 0.25) is 0 Å². The van der Waals surface area contributed by atoms with Crippen LogP contribution in [0.3, 0.4) is 0 Å². The number of aliphatic hydroxyl groups is 1. The Morgan fingerprint density at radius 3 is 2.00 bits per heavy atom. The van der Waals surface area contributed by atoms with E-state index in [1.165, 1.54) is 5.56 Å². The summed E-state index contributed by atoms with van der Waals surface area (Å²) in [4.78, 5) is 2.14. The Bertz CT molecular complexity index is 495. The molecule has 2 aromatic rings. The van der Waals surface area contributed by atoms with Gasteiger partial charge in [-0.3, -0.25) is 0 Å². The van der Waals surface area contributed by atoms with Crippen LogP contribution in [0.2, 0.25) is 0 Å². The average molecular weight is 269 g/mol. The van der Waals surface area contributed by atoms with Crippen molar-refractivity contribution >= 4 is 0 Å². The van der Waals surface area contributed by atoms with Gasteiger partial charge in [0.25, 0.3) is 0 Å². The van der Waals surface area contributed by atoms with Crippen molar-refractivity contribution in [3.8, 4) is 0 Å². The van der Waals surface area contributed by atoms with Crippen LogP contribution in [-0.4, -0.2) is 30.6 Å². The van der Waals surface area contributed by atoms with Gasteiger partial charge in [0, 0.05) is 12.5 Å². The molecular weight excluding hydrogens is 246 g/mol. The van der Waals surface area contributed by atoms with Gasteiger partial charge in [0.05, 0.1) is 6.10 Å². The fourth-order valence-electron chi connectivity index (χ4n) is 2.58. The molecule has 2 heteroatoms. The second-order valence-electron chi connectivity index (χ2n) is 5.57. The van der Waals surface area contributed by atoms with E-state index in [0.717, 1.165) is 18.5 Å². The lowest BCUT2D eigenvalue weighted by Gasteiger charge is -2.26. The lowest BCUT2D eigenvalue weighted by molar-refractivity contribution is 0.0902. The third-order valence-electron chi connectivity index (χ3n) is 3.53. The number of benzene rings is 2. The SMILES string of the molecule is CN(C)C[C@H](Cc1ccccc1)[C@H](O)c1ccccc1. The molecule has 2 nitrogen and oxygen atoms in total. The normalized spacial score (nSPS) is 14.2. The molecule has 0 aromatic heterocycles. The fraction of sp³-hybridized carbons (Fsp3) is 0.333. The molecular formula is C18H23NO. The quantitative estimate of drug-likeness (QED) is 0.871. The van der Waals surface area contributed by atoms with E-state index in [0.29, 0.717) is 0 Å². The van der Waals surface area contributed by atoms with Gasteiger partial charge >= 0.3 is 0 Å². The topological polar surface area (TPSA) is 23.5 Å². The number of hydrogen-bond donors (Lipinski definition) is 1. The van der Waals surface area contributed by atoms with Crippen LogP contribution >= 0.6 is 0 Å². The first-order chi connectivity index (χ1) is 9.66. The predicted molar refractivity (Wildman–Crippen MR) is 83.6 cm³/mol. The Hall–Kier alpha value is -1.64. The molecule has 106 valence electrons. The highest BCUT2D eigenvalue weighted by Gasteiger charge is 2.21. The van der Waals surface area contributed by atoms with E-state index in [1.807, 2.05) is 36.4 Å². The summed E-state index contributed by atoms with van der Waals surface area (Å²) < 4.78 is 0. The molecule has 0 heterocycles. The molecule has 1 N–H and O–H groups in total. The summed E-state index contributed by atoms with van der Waals surface area (Å²) in [6.45, 7) is 0.866. The Morgan fingerprint density at radius 1 is 0.900 bits per heavy atom. The van der Waals surface area contributed by atoms with Gasteiger partial charge in [-0.25, -0.2) is 0 Å². The van der Waals surface area contributed by atoms with Crippen LogP contribution in [0.4, 0.5) is 0 Å². The third-order valence-corrected chi connectivity index (χ3v) is 3.53. The molecule has 2 atom stereocenters. The predicted octanol–water partition coefficient (Wildman–Crippen LogP) is 3.14. The average Bonchev–Trinajstić information content (AvgIpc) is 2.47. The van der Waals surface area contributed by atoms with E-state index >= 15 is 0 Å². The monoisotopic (exact) mass is 269 g/mol. The van der Waals surface area contributed by atoms with Crippen LogP contribution in [0.25, 0.3) is 0 Å². The maximum absolute atomic E-state index is 10.7. The summed E-state index contributed by atoms with van der Waals surface area (Å²) in [5.41, 5.74) is 2.27. The largest absolute Gasteiger partial charge is 0.388 e. The van der Waals surface area contributed by atoms with Gasteiger partial charge in [-0.1, -0.05) is 60.7 Å². The fourth-order valence-corrected chi connectivity index (χ4v) is 2.58. The van der Waals surface area contributed by atoms with E-state index in [1.54, 1.807) is 0 Å². The Labute approximate surface area is 121 Å². The van der Waals surface area contributed by atoms with E-state index in [4.69, 9.17) is 0 Å². The molecule has 0 radical (unpaired) electrons. The molecule has 0 bridgehead atoms. The molecule has 20 heavy (non-hydrogen) atoms. The minimum Gasteiger partial charge on any atom is -0.388 e. The summed E-state index contributed by atoms with van der Waals surface area (Å²) in [5, 5.41) is 10.7. The van der Waals surface area contributed by atoms with Crippen molar-refractivity contribution in [1.29, 1.82) is 0 Å². The van der Waals surface area contributed by atoms with Crippen molar-refractivity contribution in [1.82, 2.24) is 4.90 Å². The summed E-state index contributed by atoms with van der Waals surface area (Å²) in [7, 11) is 4.10. The van der Waals surface area contributed by atoms with Crippen molar-refractivity contribution in [2.45, 2.75) is 12.5 Å². The molecule has 0 unspecified atom stereocenters.